The summed E-state index contributed by atoms with van der Waals surface area (Å²) in [6.45, 7) is 3.06. The van der Waals surface area contributed by atoms with E-state index in [-0.39, 0.29) is 12.1 Å². The Morgan fingerprint density at radius 1 is 1.27 bits per heavy atom. The number of aromatic nitrogens is 2. The molecule has 0 radical (unpaired) electrons. The van der Waals surface area contributed by atoms with Crippen molar-refractivity contribution in [1.29, 1.82) is 0 Å². The van der Waals surface area contributed by atoms with Crippen molar-refractivity contribution in [3.05, 3.63) is 46.7 Å². The van der Waals surface area contributed by atoms with Gasteiger partial charge in [0.25, 0.3) is 0 Å². The molecule has 1 aliphatic heterocycles. The van der Waals surface area contributed by atoms with Crippen LogP contribution in [-0.2, 0) is 13.5 Å². The standard InChI is InChI=1S/C19H24ClN5O/c1-23-18-7-3-6-17(16(18)13-21-23)22-19(26)25-10-8-24(9-11-25)15-5-2-4-14(20)12-15/h2,4-5,12-13,17H,3,6-11H2,1H3,(H,22,26). The van der Waals surface area contributed by atoms with Crippen LogP contribution in [0.3, 0.4) is 0 Å². The number of carbonyl (C=O) groups excluding carboxylic acids is 1. The fourth-order valence-corrected chi connectivity index (χ4v) is 4.12. The van der Waals surface area contributed by atoms with Gasteiger partial charge in [-0.2, -0.15) is 5.10 Å². The molecule has 2 aromatic rings. The number of hydrogen-bond acceptors (Lipinski definition) is 3. The maximum absolute atomic E-state index is 12.7. The van der Waals surface area contributed by atoms with Crippen molar-refractivity contribution in [1.82, 2.24) is 20.0 Å². The maximum Gasteiger partial charge on any atom is 0.318 e. The average Bonchev–Trinajstić information content (AvgIpc) is 3.04. The molecule has 2 amide bonds. The van der Waals surface area contributed by atoms with Gasteiger partial charge in [-0.1, -0.05) is 17.7 Å². The Bertz CT molecular complexity index is 797. The van der Waals surface area contributed by atoms with E-state index in [1.54, 1.807) is 0 Å². The molecule has 1 aliphatic carbocycles. The lowest BCUT2D eigenvalue weighted by molar-refractivity contribution is 0.189. The fourth-order valence-electron chi connectivity index (χ4n) is 3.94. The molecule has 1 N–H and O–H groups in total. The predicted molar refractivity (Wildman–Crippen MR) is 103 cm³/mol. The van der Waals surface area contributed by atoms with Gasteiger partial charge in [-0.25, -0.2) is 4.79 Å². The van der Waals surface area contributed by atoms with E-state index < -0.39 is 0 Å². The molecule has 26 heavy (non-hydrogen) atoms. The van der Waals surface area contributed by atoms with Crippen molar-refractivity contribution in [3.8, 4) is 0 Å². The highest BCUT2D eigenvalue weighted by Crippen LogP contribution is 2.29. The number of urea groups is 1. The zero-order valence-corrected chi connectivity index (χ0v) is 15.7. The first-order valence-electron chi connectivity index (χ1n) is 9.18. The van der Waals surface area contributed by atoms with E-state index >= 15 is 0 Å². The summed E-state index contributed by atoms with van der Waals surface area (Å²) < 4.78 is 1.93. The minimum Gasteiger partial charge on any atom is -0.368 e. The van der Waals surface area contributed by atoms with Crippen LogP contribution >= 0.6 is 11.6 Å². The summed E-state index contributed by atoms with van der Waals surface area (Å²) in [6.07, 6.45) is 5.00. The summed E-state index contributed by atoms with van der Waals surface area (Å²) in [7, 11) is 1.97. The van der Waals surface area contributed by atoms with Crippen molar-refractivity contribution in [2.24, 2.45) is 7.05 Å². The van der Waals surface area contributed by atoms with Crippen molar-refractivity contribution in [3.63, 3.8) is 0 Å². The summed E-state index contributed by atoms with van der Waals surface area (Å²) in [4.78, 5) is 16.9. The van der Waals surface area contributed by atoms with Crippen LogP contribution in [0.2, 0.25) is 5.02 Å². The largest absolute Gasteiger partial charge is 0.368 e. The quantitative estimate of drug-likeness (QED) is 0.880. The first-order valence-corrected chi connectivity index (χ1v) is 9.56. The Labute approximate surface area is 158 Å². The van der Waals surface area contributed by atoms with Gasteiger partial charge >= 0.3 is 6.03 Å². The first-order chi connectivity index (χ1) is 12.6. The maximum atomic E-state index is 12.7. The monoisotopic (exact) mass is 373 g/mol. The highest BCUT2D eigenvalue weighted by atomic mass is 35.5. The molecule has 4 rings (SSSR count). The van der Waals surface area contributed by atoms with Gasteiger partial charge in [-0.3, -0.25) is 4.68 Å². The predicted octanol–water partition coefficient (Wildman–Crippen LogP) is 2.98. The number of rotatable bonds is 2. The zero-order chi connectivity index (χ0) is 18.1. The van der Waals surface area contributed by atoms with Gasteiger partial charge in [0.05, 0.1) is 12.2 Å². The summed E-state index contributed by atoms with van der Waals surface area (Å²) in [5.74, 6) is 0. The molecule has 1 saturated heterocycles. The molecule has 1 unspecified atom stereocenters. The van der Waals surface area contributed by atoms with Gasteiger partial charge in [-0.15, -0.1) is 0 Å². The number of piperazine rings is 1. The van der Waals surface area contributed by atoms with Crippen LogP contribution in [0.15, 0.2) is 30.5 Å². The van der Waals surface area contributed by atoms with E-state index in [0.29, 0.717) is 13.1 Å². The molecule has 0 bridgehead atoms. The Balaban J connectivity index is 1.36. The summed E-state index contributed by atoms with van der Waals surface area (Å²) >= 11 is 6.09. The number of nitrogens with zero attached hydrogens (tertiary/aromatic N) is 4. The second-order valence-corrected chi connectivity index (χ2v) is 7.45. The molecule has 1 aromatic heterocycles. The first kappa shape index (κ1) is 17.2. The Morgan fingerprint density at radius 2 is 2.08 bits per heavy atom. The number of nitrogens with one attached hydrogen (secondary N) is 1. The summed E-state index contributed by atoms with van der Waals surface area (Å²) in [6, 6.07) is 7.98. The van der Waals surface area contributed by atoms with Crippen molar-refractivity contribution in [2.75, 3.05) is 31.1 Å². The number of anilines is 1. The number of amides is 2. The lowest BCUT2D eigenvalue weighted by Crippen LogP contribution is -2.52. The molecule has 1 atom stereocenters. The molecular formula is C19H24ClN5O. The van der Waals surface area contributed by atoms with Crippen LogP contribution in [0.5, 0.6) is 0 Å². The van der Waals surface area contributed by atoms with Crippen LogP contribution in [-0.4, -0.2) is 46.9 Å². The van der Waals surface area contributed by atoms with Gasteiger partial charge in [0.15, 0.2) is 0 Å². The molecule has 6 nitrogen and oxygen atoms in total. The zero-order valence-electron chi connectivity index (χ0n) is 15.0. The number of halogens is 1. The fraction of sp³-hybridized carbons (Fsp3) is 0.474. The van der Waals surface area contributed by atoms with Crippen molar-refractivity contribution < 1.29 is 4.79 Å². The number of hydrogen-bond donors (Lipinski definition) is 1. The number of carbonyl (C=O) groups is 1. The van der Waals surface area contributed by atoms with Crippen molar-refractivity contribution >= 4 is 23.3 Å². The molecule has 2 aliphatic rings. The smallest absolute Gasteiger partial charge is 0.318 e. The molecule has 138 valence electrons. The SMILES string of the molecule is Cn1ncc2c1CCCC2NC(=O)N1CCN(c2cccc(Cl)c2)CC1. The molecule has 2 heterocycles. The van der Waals surface area contributed by atoms with Gasteiger partial charge in [0.2, 0.25) is 0 Å². The molecule has 1 aromatic carbocycles. The number of benzene rings is 1. The minimum atomic E-state index is 0.0254. The number of fused-ring (bicyclic) bond motifs is 1. The van der Waals surface area contributed by atoms with Gasteiger partial charge in [-0.05, 0) is 37.5 Å². The van der Waals surface area contributed by atoms with Crippen LogP contribution in [0.4, 0.5) is 10.5 Å². The van der Waals surface area contributed by atoms with E-state index in [1.807, 2.05) is 41.0 Å². The molecule has 7 heteroatoms. The summed E-state index contributed by atoms with van der Waals surface area (Å²) in [5, 5.41) is 8.31. The molecule has 1 fully saturated rings. The Hall–Kier alpha value is -2.21. The third-order valence-electron chi connectivity index (χ3n) is 5.41. The lowest BCUT2D eigenvalue weighted by Gasteiger charge is -2.37. The van der Waals surface area contributed by atoms with Gasteiger partial charge in [0.1, 0.15) is 0 Å². The minimum absolute atomic E-state index is 0.0254. The highest BCUT2D eigenvalue weighted by molar-refractivity contribution is 6.30. The molecule has 0 spiro atoms. The van der Waals surface area contributed by atoms with E-state index in [9.17, 15) is 4.79 Å². The van der Waals surface area contributed by atoms with E-state index in [1.165, 1.54) is 11.3 Å². The van der Waals surface area contributed by atoms with Gasteiger partial charge in [0, 0.05) is 55.2 Å². The van der Waals surface area contributed by atoms with Gasteiger partial charge < -0.3 is 15.1 Å². The van der Waals surface area contributed by atoms with E-state index in [2.05, 4.69) is 21.4 Å². The second kappa shape index (κ2) is 7.19. The van der Waals surface area contributed by atoms with Crippen LogP contribution < -0.4 is 10.2 Å². The number of aryl methyl sites for hydroxylation is 1. The molecular weight excluding hydrogens is 350 g/mol. The lowest BCUT2D eigenvalue weighted by atomic mass is 9.93. The normalized spacial score (nSPS) is 20.0. The van der Waals surface area contributed by atoms with Crippen LogP contribution in [0.1, 0.15) is 30.1 Å². The summed E-state index contributed by atoms with van der Waals surface area (Å²) in [5.41, 5.74) is 3.53. The topological polar surface area (TPSA) is 53.4 Å². The third-order valence-corrected chi connectivity index (χ3v) is 5.65. The third kappa shape index (κ3) is 3.38. The average molecular weight is 374 g/mol. The van der Waals surface area contributed by atoms with Crippen molar-refractivity contribution in [2.45, 2.75) is 25.3 Å². The van der Waals surface area contributed by atoms with E-state index in [4.69, 9.17) is 11.6 Å². The Kier molecular flexibility index (Phi) is 4.76. The second-order valence-electron chi connectivity index (χ2n) is 7.02. The highest BCUT2D eigenvalue weighted by Gasteiger charge is 2.28. The van der Waals surface area contributed by atoms with Crippen LogP contribution in [0.25, 0.3) is 0 Å². The molecule has 0 saturated carbocycles. The Morgan fingerprint density at radius 3 is 2.85 bits per heavy atom. The van der Waals surface area contributed by atoms with E-state index in [0.717, 1.165) is 43.1 Å². The van der Waals surface area contributed by atoms with Crippen LogP contribution in [0, 0.1) is 0 Å².